The molecule has 0 unspecified atom stereocenters. The van der Waals surface area contributed by atoms with Gasteiger partial charge in [-0.15, -0.1) is 0 Å². The van der Waals surface area contributed by atoms with Crippen LogP contribution in [0.3, 0.4) is 0 Å². The number of nitrogens with one attached hydrogen (secondary N) is 2. The molecule has 1 aliphatic heterocycles. The summed E-state index contributed by atoms with van der Waals surface area (Å²) >= 11 is 12.0. The Morgan fingerprint density at radius 2 is 1.90 bits per heavy atom. The Bertz CT molecular complexity index is 711. The normalized spacial score (nSPS) is 13.0. The summed E-state index contributed by atoms with van der Waals surface area (Å²) in [6.45, 7) is 0.905. The zero-order valence-corrected chi connectivity index (χ0v) is 12.4. The number of rotatable bonds is 3. The van der Waals surface area contributed by atoms with Crippen LogP contribution in [0.25, 0.3) is 0 Å². The second kappa shape index (κ2) is 5.54. The van der Waals surface area contributed by atoms with Gasteiger partial charge in [-0.1, -0.05) is 29.3 Å². The molecule has 108 valence electrons. The van der Waals surface area contributed by atoms with E-state index >= 15 is 0 Å². The van der Waals surface area contributed by atoms with Gasteiger partial charge in [0.2, 0.25) is 0 Å². The fraction of sp³-hybridized carbons (Fsp3) is 0.133. The van der Waals surface area contributed by atoms with E-state index in [0.717, 1.165) is 11.3 Å². The Kier molecular flexibility index (Phi) is 3.74. The molecule has 1 aliphatic rings. The van der Waals surface area contributed by atoms with Gasteiger partial charge < -0.3 is 10.6 Å². The molecule has 2 N–H and O–H groups in total. The van der Waals surface area contributed by atoms with Crippen LogP contribution in [-0.2, 0) is 13.1 Å². The molecule has 2 aromatic carbocycles. The third-order valence-electron chi connectivity index (χ3n) is 3.37. The molecule has 1 heterocycles. The third kappa shape index (κ3) is 2.82. The molecule has 0 spiro atoms. The van der Waals surface area contributed by atoms with Gasteiger partial charge in [0.15, 0.2) is 0 Å². The van der Waals surface area contributed by atoms with Crippen molar-refractivity contribution in [3.63, 3.8) is 0 Å². The molecule has 0 atom stereocenters. The zero-order chi connectivity index (χ0) is 15.0. The number of carbonyl (C=O) groups excluding carboxylic acids is 1. The molecule has 0 aliphatic carbocycles. The van der Waals surface area contributed by atoms with Gasteiger partial charge >= 0.3 is 0 Å². The molecular weight excluding hydrogens is 314 g/mol. The maximum absolute atomic E-state index is 13.1. The summed E-state index contributed by atoms with van der Waals surface area (Å²) in [4.78, 5) is 11.6. The van der Waals surface area contributed by atoms with E-state index in [1.165, 1.54) is 12.1 Å². The van der Waals surface area contributed by atoms with E-state index in [1.54, 1.807) is 6.07 Å². The maximum atomic E-state index is 13.1. The minimum absolute atomic E-state index is 0.0773. The second-order valence-electron chi connectivity index (χ2n) is 4.76. The summed E-state index contributed by atoms with van der Waals surface area (Å²) in [5, 5.41) is 6.44. The molecular formula is C15H11Cl2FN2O. The fourth-order valence-corrected chi connectivity index (χ4v) is 2.85. The predicted molar refractivity (Wildman–Crippen MR) is 81.4 cm³/mol. The van der Waals surface area contributed by atoms with E-state index in [1.807, 2.05) is 12.1 Å². The summed E-state index contributed by atoms with van der Waals surface area (Å²) in [5.41, 5.74) is 3.03. The first kappa shape index (κ1) is 14.2. The standard InChI is InChI=1S/C15H11Cl2FN2O/c16-13-3-9(18)4-14(17)12(13)7-19-10-2-1-8-6-20-15(21)11(8)5-10/h1-5,19H,6-7H2,(H,20,21). The Balaban J connectivity index is 1.80. The van der Waals surface area contributed by atoms with E-state index in [0.29, 0.717) is 24.2 Å². The highest BCUT2D eigenvalue weighted by atomic mass is 35.5. The van der Waals surface area contributed by atoms with Gasteiger partial charge in [0.25, 0.3) is 5.91 Å². The van der Waals surface area contributed by atoms with Crippen molar-refractivity contribution in [3.05, 3.63) is 62.9 Å². The lowest BCUT2D eigenvalue weighted by molar-refractivity contribution is 0.0966. The molecule has 3 nitrogen and oxygen atoms in total. The van der Waals surface area contributed by atoms with Crippen molar-refractivity contribution in [2.45, 2.75) is 13.1 Å². The lowest BCUT2D eigenvalue weighted by Gasteiger charge is -2.11. The van der Waals surface area contributed by atoms with Crippen LogP contribution in [0.1, 0.15) is 21.5 Å². The van der Waals surface area contributed by atoms with E-state index in [2.05, 4.69) is 10.6 Å². The summed E-state index contributed by atoms with van der Waals surface area (Å²) in [5.74, 6) is -0.547. The number of hydrogen-bond donors (Lipinski definition) is 2. The SMILES string of the molecule is O=C1NCc2ccc(NCc3c(Cl)cc(F)cc3Cl)cc21. The Morgan fingerprint density at radius 3 is 2.62 bits per heavy atom. The van der Waals surface area contributed by atoms with Crippen molar-refractivity contribution >= 4 is 34.8 Å². The summed E-state index contributed by atoms with van der Waals surface area (Å²) in [7, 11) is 0. The number of amides is 1. The van der Waals surface area contributed by atoms with Crippen molar-refractivity contribution < 1.29 is 9.18 Å². The summed E-state index contributed by atoms with van der Waals surface area (Å²) < 4.78 is 13.1. The van der Waals surface area contributed by atoms with Crippen LogP contribution < -0.4 is 10.6 Å². The van der Waals surface area contributed by atoms with Crippen molar-refractivity contribution in [3.8, 4) is 0 Å². The van der Waals surface area contributed by atoms with Crippen LogP contribution >= 0.6 is 23.2 Å². The summed E-state index contributed by atoms with van der Waals surface area (Å²) in [6, 6.07) is 8.00. The molecule has 0 saturated heterocycles. The Hall–Kier alpha value is -1.78. The number of carbonyl (C=O) groups is 1. The highest BCUT2D eigenvalue weighted by Crippen LogP contribution is 2.27. The van der Waals surface area contributed by atoms with Crippen LogP contribution in [0.15, 0.2) is 30.3 Å². The average molecular weight is 325 g/mol. The van der Waals surface area contributed by atoms with Crippen molar-refractivity contribution in [1.29, 1.82) is 0 Å². The van der Waals surface area contributed by atoms with E-state index in [9.17, 15) is 9.18 Å². The topological polar surface area (TPSA) is 41.1 Å². The van der Waals surface area contributed by atoms with E-state index in [-0.39, 0.29) is 16.0 Å². The van der Waals surface area contributed by atoms with Gasteiger partial charge in [0.1, 0.15) is 5.82 Å². The predicted octanol–water partition coefficient (Wildman–Crippen LogP) is 3.99. The second-order valence-corrected chi connectivity index (χ2v) is 5.57. The first-order valence-corrected chi connectivity index (χ1v) is 7.08. The molecule has 0 radical (unpaired) electrons. The number of anilines is 1. The number of fused-ring (bicyclic) bond motifs is 1. The summed E-state index contributed by atoms with van der Waals surface area (Å²) in [6.07, 6.45) is 0. The highest BCUT2D eigenvalue weighted by molar-refractivity contribution is 6.36. The van der Waals surface area contributed by atoms with Gasteiger partial charge in [-0.2, -0.15) is 0 Å². The monoisotopic (exact) mass is 324 g/mol. The molecule has 21 heavy (non-hydrogen) atoms. The molecule has 6 heteroatoms. The number of hydrogen-bond acceptors (Lipinski definition) is 2. The lowest BCUT2D eigenvalue weighted by Crippen LogP contribution is -2.12. The molecule has 0 bridgehead atoms. The minimum Gasteiger partial charge on any atom is -0.381 e. The quantitative estimate of drug-likeness (QED) is 0.896. The van der Waals surface area contributed by atoms with Crippen LogP contribution in [0, 0.1) is 5.82 Å². The Labute approximate surface area is 131 Å². The molecule has 2 aromatic rings. The number of benzene rings is 2. The maximum Gasteiger partial charge on any atom is 0.251 e. The van der Waals surface area contributed by atoms with Crippen molar-refractivity contribution in [2.24, 2.45) is 0 Å². The van der Waals surface area contributed by atoms with Gasteiger partial charge in [0, 0.05) is 39.9 Å². The lowest BCUT2D eigenvalue weighted by atomic mass is 10.1. The third-order valence-corrected chi connectivity index (χ3v) is 4.04. The van der Waals surface area contributed by atoms with Crippen molar-refractivity contribution in [1.82, 2.24) is 5.32 Å². The fourth-order valence-electron chi connectivity index (χ4n) is 2.25. The van der Waals surface area contributed by atoms with Crippen LogP contribution in [0.5, 0.6) is 0 Å². The first-order valence-electron chi connectivity index (χ1n) is 6.33. The average Bonchev–Trinajstić information content (AvgIpc) is 2.79. The van der Waals surface area contributed by atoms with Crippen LogP contribution in [0.2, 0.25) is 10.0 Å². The van der Waals surface area contributed by atoms with Crippen molar-refractivity contribution in [2.75, 3.05) is 5.32 Å². The highest BCUT2D eigenvalue weighted by Gasteiger charge is 2.18. The molecule has 0 aromatic heterocycles. The van der Waals surface area contributed by atoms with Gasteiger partial charge in [0.05, 0.1) is 0 Å². The zero-order valence-electron chi connectivity index (χ0n) is 10.8. The molecule has 0 saturated carbocycles. The first-order chi connectivity index (χ1) is 10.0. The largest absolute Gasteiger partial charge is 0.381 e. The van der Waals surface area contributed by atoms with Gasteiger partial charge in [-0.3, -0.25) is 4.79 Å². The van der Waals surface area contributed by atoms with Gasteiger partial charge in [-0.05, 0) is 29.8 Å². The van der Waals surface area contributed by atoms with Crippen LogP contribution in [-0.4, -0.2) is 5.91 Å². The minimum atomic E-state index is -0.469. The van der Waals surface area contributed by atoms with Crippen LogP contribution in [0.4, 0.5) is 10.1 Å². The van der Waals surface area contributed by atoms with Gasteiger partial charge in [-0.25, -0.2) is 4.39 Å². The molecule has 3 rings (SSSR count). The number of halogens is 3. The van der Waals surface area contributed by atoms with E-state index in [4.69, 9.17) is 23.2 Å². The molecule has 1 amide bonds. The molecule has 0 fully saturated rings. The Morgan fingerprint density at radius 1 is 1.19 bits per heavy atom. The van der Waals surface area contributed by atoms with E-state index < -0.39 is 5.82 Å². The smallest absolute Gasteiger partial charge is 0.251 e.